The van der Waals surface area contributed by atoms with Crippen LogP contribution in [0.1, 0.15) is 12.8 Å². The van der Waals surface area contributed by atoms with Gasteiger partial charge in [-0.25, -0.2) is 0 Å². The van der Waals surface area contributed by atoms with Crippen molar-refractivity contribution in [1.29, 1.82) is 0 Å². The van der Waals surface area contributed by atoms with E-state index in [-0.39, 0.29) is 10.7 Å². The Kier molecular flexibility index (Phi) is 1.99. The fourth-order valence-electron chi connectivity index (χ4n) is 2.05. The molecule has 56 valence electrons. The largest absolute Gasteiger partial charge is 0.335 e. The van der Waals surface area contributed by atoms with Crippen molar-refractivity contribution in [2.75, 3.05) is 0 Å². The Labute approximate surface area is 71.5 Å². The Morgan fingerprint density at radius 3 is 1.73 bits per heavy atom. The Balaban J connectivity index is 2.74. The number of hydrogen-bond donors (Lipinski definition) is 1. The van der Waals surface area contributed by atoms with Crippen LogP contribution >= 0.6 is 0 Å². The third kappa shape index (κ3) is 2.44. The molecule has 0 atom stereocenters. The van der Waals surface area contributed by atoms with Gasteiger partial charge in [0, 0.05) is 12.8 Å². The zero-order valence-electron chi connectivity index (χ0n) is 7.82. The van der Waals surface area contributed by atoms with E-state index in [1.54, 1.807) is 0 Å². The lowest BCUT2D eigenvalue weighted by Crippen LogP contribution is -2.65. The summed E-state index contributed by atoms with van der Waals surface area (Å²) >= 11 is 0. The van der Waals surface area contributed by atoms with Crippen molar-refractivity contribution < 1.29 is 4.79 Å². The van der Waals surface area contributed by atoms with Crippen LogP contribution in [0.3, 0.4) is 0 Å². The Hall–Kier alpha value is -0.110. The lowest BCUT2D eigenvalue weighted by atomic mass is 9.48. The van der Waals surface area contributed by atoms with Gasteiger partial charge in [-0.15, -0.1) is 0 Å². The SMILES string of the molecule is BC1(B)CC(=O)CC(B)(B)N1. The van der Waals surface area contributed by atoms with Gasteiger partial charge in [-0.2, -0.15) is 0 Å². The molecule has 1 N–H and O–H groups in total. The highest BCUT2D eigenvalue weighted by atomic mass is 16.1. The highest BCUT2D eigenvalue weighted by Crippen LogP contribution is 2.17. The molecule has 0 saturated carbocycles. The summed E-state index contributed by atoms with van der Waals surface area (Å²) in [4.78, 5) is 11.3. The molecular formula is C5H13B4NO. The molecule has 0 aromatic rings. The molecule has 0 amide bonds. The lowest BCUT2D eigenvalue weighted by molar-refractivity contribution is -0.121. The molecular weight excluding hydrogens is 133 g/mol. The van der Waals surface area contributed by atoms with Crippen LogP contribution in [-0.2, 0) is 4.79 Å². The predicted octanol–water partition coefficient (Wildman–Crippen LogP) is -4.22. The first-order valence-corrected chi connectivity index (χ1v) is 4.12. The van der Waals surface area contributed by atoms with Crippen molar-refractivity contribution in [2.45, 2.75) is 23.5 Å². The van der Waals surface area contributed by atoms with E-state index < -0.39 is 0 Å². The zero-order valence-corrected chi connectivity index (χ0v) is 7.82. The predicted molar refractivity (Wildman–Crippen MR) is 57.0 cm³/mol. The fourth-order valence-corrected chi connectivity index (χ4v) is 2.05. The summed E-state index contributed by atoms with van der Waals surface area (Å²) < 4.78 is 0. The highest BCUT2D eigenvalue weighted by Gasteiger charge is 2.35. The first kappa shape index (κ1) is 8.98. The topological polar surface area (TPSA) is 29.1 Å². The Morgan fingerprint density at radius 1 is 1.09 bits per heavy atom. The molecule has 1 heterocycles. The highest BCUT2D eigenvalue weighted by molar-refractivity contribution is 6.46. The number of Topliss-reactive ketones (excluding diaryl/α,β-unsaturated/α-hetero) is 1. The summed E-state index contributed by atoms with van der Waals surface area (Å²) in [5.74, 6) is 0.374. The monoisotopic (exact) mass is 147 g/mol. The molecule has 2 nitrogen and oxygen atoms in total. The van der Waals surface area contributed by atoms with Crippen molar-refractivity contribution in [3.05, 3.63) is 0 Å². The number of piperidine rings is 1. The van der Waals surface area contributed by atoms with Gasteiger partial charge in [0.05, 0.1) is 0 Å². The van der Waals surface area contributed by atoms with Gasteiger partial charge in [-0.1, -0.05) is 0 Å². The first-order chi connectivity index (χ1) is 4.81. The zero-order chi connectivity index (χ0) is 8.70. The van der Waals surface area contributed by atoms with Crippen LogP contribution in [0.5, 0.6) is 0 Å². The van der Waals surface area contributed by atoms with Crippen molar-refractivity contribution >= 4 is 37.2 Å². The summed E-state index contributed by atoms with van der Waals surface area (Å²) in [7, 11) is 8.30. The van der Waals surface area contributed by atoms with E-state index in [9.17, 15) is 4.79 Å². The quantitative estimate of drug-likeness (QED) is 0.351. The molecule has 1 aliphatic rings. The maximum absolute atomic E-state index is 11.3. The second-order valence-electron chi connectivity index (χ2n) is 4.78. The summed E-state index contributed by atoms with van der Waals surface area (Å²) in [6.07, 6.45) is 1.33. The van der Waals surface area contributed by atoms with E-state index in [1.165, 1.54) is 0 Å². The van der Waals surface area contributed by atoms with Crippen LogP contribution in [0.2, 0.25) is 0 Å². The number of carbonyl (C=O) groups excluding carboxylic acids is 1. The van der Waals surface area contributed by atoms with Crippen LogP contribution in [0.4, 0.5) is 0 Å². The second-order valence-corrected chi connectivity index (χ2v) is 4.78. The summed E-state index contributed by atoms with van der Waals surface area (Å²) in [6, 6.07) is 0. The van der Waals surface area contributed by atoms with Crippen molar-refractivity contribution in [3.63, 3.8) is 0 Å². The molecule has 0 aliphatic carbocycles. The van der Waals surface area contributed by atoms with Crippen molar-refractivity contribution in [1.82, 2.24) is 5.32 Å². The van der Waals surface area contributed by atoms with Crippen molar-refractivity contribution in [3.8, 4) is 0 Å². The number of ketones is 1. The number of nitrogens with one attached hydrogen (secondary N) is 1. The maximum Gasteiger partial charge on any atom is 0.133 e. The molecule has 0 unspecified atom stereocenters. The van der Waals surface area contributed by atoms with Crippen LogP contribution in [0.15, 0.2) is 0 Å². The molecule has 0 aromatic carbocycles. The molecule has 1 aliphatic heterocycles. The minimum absolute atomic E-state index is 0.0150. The van der Waals surface area contributed by atoms with Gasteiger partial charge in [0.15, 0.2) is 0 Å². The van der Waals surface area contributed by atoms with Gasteiger partial charge in [-0.3, -0.25) is 4.79 Å². The molecule has 1 saturated heterocycles. The average molecular weight is 146 g/mol. The third-order valence-corrected chi connectivity index (χ3v) is 1.95. The van der Waals surface area contributed by atoms with Crippen LogP contribution < -0.4 is 5.32 Å². The molecule has 1 rings (SSSR count). The van der Waals surface area contributed by atoms with Gasteiger partial charge < -0.3 is 5.32 Å². The fraction of sp³-hybridized carbons (Fsp3) is 0.800. The van der Waals surface area contributed by atoms with E-state index in [1.807, 2.05) is 0 Å². The van der Waals surface area contributed by atoms with Gasteiger partial charge in [-0.05, 0) is 10.7 Å². The van der Waals surface area contributed by atoms with Gasteiger partial charge >= 0.3 is 0 Å². The van der Waals surface area contributed by atoms with Crippen LogP contribution in [-0.4, -0.2) is 47.8 Å². The van der Waals surface area contributed by atoms with E-state index in [4.69, 9.17) is 0 Å². The minimum atomic E-state index is -0.0150. The van der Waals surface area contributed by atoms with Gasteiger partial charge in [0.1, 0.15) is 37.2 Å². The minimum Gasteiger partial charge on any atom is -0.335 e. The molecule has 11 heavy (non-hydrogen) atoms. The van der Waals surface area contributed by atoms with Gasteiger partial charge in [0.2, 0.25) is 0 Å². The number of hydrogen-bond acceptors (Lipinski definition) is 2. The molecule has 0 bridgehead atoms. The molecule has 1 fully saturated rings. The van der Waals surface area contributed by atoms with E-state index in [0.717, 1.165) is 0 Å². The first-order valence-electron chi connectivity index (χ1n) is 4.12. The summed E-state index contributed by atoms with van der Waals surface area (Å²) in [5.41, 5.74) is 0. The third-order valence-electron chi connectivity index (χ3n) is 1.95. The van der Waals surface area contributed by atoms with E-state index in [0.29, 0.717) is 18.6 Å². The molecule has 0 radical (unpaired) electrons. The summed E-state index contributed by atoms with van der Waals surface area (Å²) in [6.45, 7) is 0. The number of carbonyl (C=O) groups is 1. The van der Waals surface area contributed by atoms with Crippen molar-refractivity contribution in [2.24, 2.45) is 0 Å². The standard InChI is InChI=1S/C5H13B4NO/c6-4(7)1-3(11)2-5(8,9)10-4/h10H,1-2,6-9H2. The van der Waals surface area contributed by atoms with E-state index >= 15 is 0 Å². The normalized spacial score (nSPS) is 28.2. The molecule has 6 heteroatoms. The number of rotatable bonds is 0. The smallest absolute Gasteiger partial charge is 0.133 e. The molecule has 0 spiro atoms. The molecule has 0 aromatic heterocycles. The lowest BCUT2D eigenvalue weighted by Gasteiger charge is -2.42. The van der Waals surface area contributed by atoms with Crippen LogP contribution in [0.25, 0.3) is 0 Å². The Bertz CT molecular complexity index is 173. The van der Waals surface area contributed by atoms with Gasteiger partial charge in [0.25, 0.3) is 0 Å². The average Bonchev–Trinajstić information content (AvgIpc) is 1.49. The van der Waals surface area contributed by atoms with Crippen LogP contribution in [0, 0.1) is 0 Å². The maximum atomic E-state index is 11.3. The second kappa shape index (κ2) is 2.44. The Morgan fingerprint density at radius 2 is 1.45 bits per heavy atom. The summed E-state index contributed by atoms with van der Waals surface area (Å²) in [5, 5.41) is 3.41. The van der Waals surface area contributed by atoms with E-state index in [2.05, 4.69) is 36.7 Å².